The molecule has 1 aliphatic rings. The Morgan fingerprint density at radius 3 is 2.39 bits per heavy atom. The highest BCUT2D eigenvalue weighted by molar-refractivity contribution is 5.84. The van der Waals surface area contributed by atoms with Crippen molar-refractivity contribution < 1.29 is 9.04 Å². The number of nitrogens with two attached hydrogens (primary N) is 1. The van der Waals surface area contributed by atoms with Crippen molar-refractivity contribution in [3.05, 3.63) is 76.7 Å². The summed E-state index contributed by atoms with van der Waals surface area (Å²) in [7, 11) is 1.61. The van der Waals surface area contributed by atoms with Crippen LogP contribution in [-0.2, 0) is 0 Å². The number of quaternary nitrogens is 2. The number of benzene rings is 2. The van der Waals surface area contributed by atoms with Crippen LogP contribution in [0.25, 0.3) is 27.9 Å². The van der Waals surface area contributed by atoms with Gasteiger partial charge in [0.15, 0.2) is 5.65 Å². The van der Waals surface area contributed by atoms with Gasteiger partial charge in [0.1, 0.15) is 43.5 Å². The molecule has 2 aromatic carbocycles. The number of hydrogen-bond acceptors (Lipinski definition) is 5. The lowest BCUT2D eigenvalue weighted by Gasteiger charge is -2.52. The summed E-state index contributed by atoms with van der Waals surface area (Å²) in [5, 5.41) is 30.1. The average Bonchev–Trinajstić information content (AvgIpc) is 3.21. The van der Waals surface area contributed by atoms with Gasteiger partial charge in [-0.2, -0.15) is 9.61 Å². The van der Waals surface area contributed by atoms with E-state index in [9.17, 15) is 14.8 Å². The van der Waals surface area contributed by atoms with Crippen molar-refractivity contribution in [2.75, 3.05) is 39.0 Å². The summed E-state index contributed by atoms with van der Waals surface area (Å²) in [4.78, 5) is 4.75. The first-order chi connectivity index (χ1) is 15.7. The lowest BCUT2D eigenvalue weighted by molar-refractivity contribution is -0.864. The highest BCUT2D eigenvalue weighted by atomic mass is 19.1. The number of rotatable bonds is 3. The van der Waals surface area contributed by atoms with Crippen LogP contribution in [0.2, 0.25) is 0 Å². The zero-order valence-electron chi connectivity index (χ0n) is 18.5. The molecule has 5 rings (SSSR count). The lowest BCUT2D eigenvalue weighted by Crippen LogP contribution is -2.61. The van der Waals surface area contributed by atoms with E-state index in [2.05, 4.69) is 5.10 Å². The third-order valence-corrected chi connectivity index (χ3v) is 6.49. The number of aromatic nitrogens is 3. The van der Waals surface area contributed by atoms with Crippen LogP contribution in [0.3, 0.4) is 0 Å². The van der Waals surface area contributed by atoms with Crippen molar-refractivity contribution in [2.45, 2.75) is 6.92 Å². The maximum Gasteiger partial charge on any atom is 0.165 e. The Labute approximate surface area is 190 Å². The molecule has 1 aliphatic heterocycles. The molecular formula is C24H25FN6O2. The third kappa shape index (κ3) is 3.75. The number of nitrogens with zero attached hydrogens (tertiary/aromatic N) is 5. The van der Waals surface area contributed by atoms with Crippen molar-refractivity contribution in [1.82, 2.24) is 19.2 Å². The molecule has 0 aliphatic carbocycles. The molecule has 0 spiro atoms. The predicted molar refractivity (Wildman–Crippen MR) is 127 cm³/mol. The van der Waals surface area contributed by atoms with Crippen LogP contribution in [0.15, 0.2) is 54.7 Å². The number of piperazine rings is 1. The first-order valence-electron chi connectivity index (χ1n) is 10.8. The Morgan fingerprint density at radius 2 is 1.70 bits per heavy atom. The van der Waals surface area contributed by atoms with Gasteiger partial charge in [-0.1, -0.05) is 24.3 Å². The van der Waals surface area contributed by atoms with E-state index >= 15 is 0 Å². The Kier molecular flexibility index (Phi) is 4.95. The van der Waals surface area contributed by atoms with Gasteiger partial charge in [0.2, 0.25) is 0 Å². The second kappa shape index (κ2) is 7.60. The summed E-state index contributed by atoms with van der Waals surface area (Å²) < 4.78 is 14.0. The molecule has 1 fully saturated rings. The second-order valence-corrected chi connectivity index (χ2v) is 8.89. The van der Waals surface area contributed by atoms with Crippen molar-refractivity contribution in [3.63, 3.8) is 0 Å². The predicted octanol–water partition coefficient (Wildman–Crippen LogP) is 3.86. The van der Waals surface area contributed by atoms with Gasteiger partial charge in [-0.3, -0.25) is 0 Å². The summed E-state index contributed by atoms with van der Waals surface area (Å²) in [5.74, 6) is 0.0824. The number of hydroxylamine groups is 5. The lowest BCUT2D eigenvalue weighted by atomic mass is 10.0. The molecule has 1 saturated heterocycles. The molecule has 0 atom stereocenters. The van der Waals surface area contributed by atoms with E-state index in [-0.39, 0.29) is 36.6 Å². The van der Waals surface area contributed by atoms with Crippen LogP contribution in [0.1, 0.15) is 5.69 Å². The molecule has 0 saturated carbocycles. The average molecular weight is 449 g/mol. The molecule has 33 heavy (non-hydrogen) atoms. The van der Waals surface area contributed by atoms with Gasteiger partial charge >= 0.3 is 0 Å². The Morgan fingerprint density at radius 1 is 1.00 bits per heavy atom. The van der Waals surface area contributed by atoms with Gasteiger partial charge in [0.05, 0.1) is 18.9 Å². The van der Waals surface area contributed by atoms with Crippen molar-refractivity contribution in [2.24, 2.45) is 0 Å². The van der Waals surface area contributed by atoms with Crippen LogP contribution in [0, 0.1) is 23.2 Å². The number of hydrogen-bond donors (Lipinski definition) is 1. The molecule has 8 nitrogen and oxygen atoms in total. The number of halogens is 1. The van der Waals surface area contributed by atoms with E-state index in [1.54, 1.807) is 29.9 Å². The van der Waals surface area contributed by atoms with E-state index in [0.29, 0.717) is 28.4 Å². The van der Waals surface area contributed by atoms with Gasteiger partial charge < -0.3 is 25.4 Å². The van der Waals surface area contributed by atoms with Gasteiger partial charge in [0.25, 0.3) is 0 Å². The molecule has 170 valence electrons. The van der Waals surface area contributed by atoms with E-state index < -0.39 is 4.65 Å². The Hall–Kier alpha value is -3.37. The number of fused-ring (bicyclic) bond motifs is 1. The molecule has 4 aromatic rings. The normalized spacial score (nSPS) is 23.2. The molecule has 0 amide bonds. The third-order valence-electron chi connectivity index (χ3n) is 6.49. The monoisotopic (exact) mass is 448 g/mol. The second-order valence-electron chi connectivity index (χ2n) is 8.89. The van der Waals surface area contributed by atoms with Gasteiger partial charge in [-0.15, -0.1) is 0 Å². The first kappa shape index (κ1) is 21.5. The molecule has 2 aromatic heterocycles. The van der Waals surface area contributed by atoms with Crippen LogP contribution < -0.4 is 10.4 Å². The maximum absolute atomic E-state index is 13.4. The number of likely N-dealkylation sites (N-methyl/N-ethyl adjacent to an activating group) is 1. The maximum atomic E-state index is 13.4. The molecule has 0 bridgehead atoms. The summed E-state index contributed by atoms with van der Waals surface area (Å²) >= 11 is 0. The number of nitrogen functional groups attached to an aromatic ring is 1. The largest absolute Gasteiger partial charge is 0.633 e. The number of anilines is 1. The topological polar surface area (TPSA) is 102 Å². The first-order valence-corrected chi connectivity index (χ1v) is 10.8. The minimum Gasteiger partial charge on any atom is -0.633 e. The summed E-state index contributed by atoms with van der Waals surface area (Å²) in [6.45, 7) is 2.90. The van der Waals surface area contributed by atoms with Crippen molar-refractivity contribution >= 4 is 17.2 Å². The minimum atomic E-state index is -0.521. The molecule has 9 heteroatoms. The van der Waals surface area contributed by atoms with Crippen molar-refractivity contribution in [1.29, 1.82) is 0 Å². The Balaban J connectivity index is 1.57. The zero-order chi connectivity index (χ0) is 23.4. The highest BCUT2D eigenvalue weighted by Crippen LogP contribution is 2.35. The summed E-state index contributed by atoms with van der Waals surface area (Å²) in [6.07, 6.45) is 1.68. The molecular weight excluding hydrogens is 423 g/mol. The SMILES string of the molecule is Cc1nc2c(-c3cccc([N+]4([O-])CC[N+](C)([O-])CC4)c3)cnn2c(N)c1-c1ccc(F)cc1. The van der Waals surface area contributed by atoms with Crippen LogP contribution in [0.4, 0.5) is 15.9 Å². The van der Waals surface area contributed by atoms with E-state index in [4.69, 9.17) is 10.7 Å². The van der Waals surface area contributed by atoms with Crippen LogP contribution in [0.5, 0.6) is 0 Å². The van der Waals surface area contributed by atoms with Crippen LogP contribution >= 0.6 is 0 Å². The number of aryl methyl sites for hydroxylation is 1. The molecule has 2 N–H and O–H groups in total. The van der Waals surface area contributed by atoms with Crippen molar-refractivity contribution in [3.8, 4) is 22.3 Å². The summed E-state index contributed by atoms with van der Waals surface area (Å²) in [6, 6.07) is 13.5. The van der Waals surface area contributed by atoms with E-state index in [1.807, 2.05) is 31.2 Å². The fourth-order valence-corrected chi connectivity index (χ4v) is 4.46. The van der Waals surface area contributed by atoms with E-state index in [1.165, 1.54) is 12.1 Å². The van der Waals surface area contributed by atoms with E-state index in [0.717, 1.165) is 16.7 Å². The fraction of sp³-hybridized carbons (Fsp3) is 0.250. The molecule has 3 heterocycles. The minimum absolute atomic E-state index is 0.240. The van der Waals surface area contributed by atoms with Gasteiger partial charge in [-0.25, -0.2) is 9.37 Å². The fourth-order valence-electron chi connectivity index (χ4n) is 4.46. The zero-order valence-corrected chi connectivity index (χ0v) is 18.5. The van der Waals surface area contributed by atoms with Gasteiger partial charge in [-0.05, 0) is 36.2 Å². The smallest absolute Gasteiger partial charge is 0.165 e. The summed E-state index contributed by atoms with van der Waals surface area (Å²) in [5.41, 5.74) is 11.4. The highest BCUT2D eigenvalue weighted by Gasteiger charge is 2.32. The molecule has 0 radical (unpaired) electrons. The van der Waals surface area contributed by atoms with Crippen LogP contribution in [-0.4, -0.2) is 52.5 Å². The Bertz CT molecular complexity index is 1340. The molecule has 0 unspecified atom stereocenters. The standard InChI is InChI=1S/C24H25FN6O2/c1-16-22(17-6-8-19(25)9-7-17)23(26)29-24(28-16)21(15-27-29)18-4-3-5-20(14-18)31(33)12-10-30(2,32)11-13-31/h3-9,14-15H,10-13,26H2,1-2H3. The quantitative estimate of drug-likeness (QED) is 0.379. The van der Waals surface area contributed by atoms with Gasteiger partial charge in [0, 0.05) is 17.2 Å².